The number of rotatable bonds is 6. The molecular formula is C29H32N4O6. The maximum absolute atomic E-state index is 14.1. The first kappa shape index (κ1) is 25.2. The number of fused-ring (bicyclic) bond motifs is 6. The van der Waals surface area contributed by atoms with Gasteiger partial charge < -0.3 is 33.3 Å². The fourth-order valence-corrected chi connectivity index (χ4v) is 5.72. The molecule has 1 saturated heterocycles. The number of benzene rings is 2. The van der Waals surface area contributed by atoms with Gasteiger partial charge >= 0.3 is 0 Å². The second kappa shape index (κ2) is 9.92. The Balaban J connectivity index is 1.50. The molecule has 2 aliphatic rings. The number of nitrogens with zero attached hydrogens (tertiary/aromatic N) is 4. The molecule has 4 heterocycles. The van der Waals surface area contributed by atoms with Gasteiger partial charge in [0.25, 0.3) is 5.56 Å². The molecule has 0 atom stereocenters. The topological polar surface area (TPSA) is 95.4 Å². The van der Waals surface area contributed by atoms with Crippen molar-refractivity contribution in [2.24, 2.45) is 5.92 Å². The molecule has 0 spiro atoms. The van der Waals surface area contributed by atoms with Gasteiger partial charge in [-0.25, -0.2) is 0 Å². The van der Waals surface area contributed by atoms with Crippen LogP contribution in [0.1, 0.15) is 12.8 Å². The van der Waals surface area contributed by atoms with Gasteiger partial charge in [-0.05, 0) is 51.2 Å². The van der Waals surface area contributed by atoms with Crippen LogP contribution in [0.15, 0.2) is 35.3 Å². The van der Waals surface area contributed by atoms with Gasteiger partial charge in [0.1, 0.15) is 0 Å². The number of amides is 1. The number of ether oxygens (including phenoxy) is 4. The molecule has 1 fully saturated rings. The van der Waals surface area contributed by atoms with Crippen LogP contribution in [-0.2, 0) is 11.3 Å². The lowest BCUT2D eigenvalue weighted by atomic mass is 9.96. The minimum Gasteiger partial charge on any atom is -0.493 e. The minimum absolute atomic E-state index is 0.0118. The van der Waals surface area contributed by atoms with Crippen molar-refractivity contribution in [2.45, 2.75) is 19.4 Å². The van der Waals surface area contributed by atoms with Gasteiger partial charge in [-0.2, -0.15) is 0 Å². The van der Waals surface area contributed by atoms with Gasteiger partial charge in [-0.15, -0.1) is 0 Å². The fourth-order valence-electron chi connectivity index (χ4n) is 5.72. The highest BCUT2D eigenvalue weighted by molar-refractivity contribution is 6.15. The number of hydrogen-bond donors (Lipinski definition) is 0. The molecule has 10 nitrogen and oxygen atoms in total. The van der Waals surface area contributed by atoms with Crippen LogP contribution < -0.4 is 24.5 Å². The molecule has 39 heavy (non-hydrogen) atoms. The summed E-state index contributed by atoms with van der Waals surface area (Å²) in [6.07, 6.45) is 3.48. The molecule has 4 aromatic rings. The standard InChI is InChI=1S/C29H32N4O6/c1-31-7-5-17(6-8-31)28(34)32(2)9-10-33-27-20-13-25-26(39-16-38-25)14-22(20)30-15-21(27)18-11-23(36-3)24(37-4)12-19(18)29(33)35/h11-15,17H,5-10,16H2,1-4H3. The smallest absolute Gasteiger partial charge is 0.259 e. The van der Waals surface area contributed by atoms with E-state index in [0.717, 1.165) is 42.2 Å². The van der Waals surface area contributed by atoms with Crippen molar-refractivity contribution in [3.05, 3.63) is 40.8 Å². The maximum Gasteiger partial charge on any atom is 0.259 e. The predicted molar refractivity (Wildman–Crippen MR) is 148 cm³/mol. The first-order valence-electron chi connectivity index (χ1n) is 13.1. The average Bonchev–Trinajstić information content (AvgIpc) is 3.42. The van der Waals surface area contributed by atoms with Crippen LogP contribution in [0.4, 0.5) is 0 Å². The second-order valence-corrected chi connectivity index (χ2v) is 10.3. The number of likely N-dealkylation sites (N-methyl/N-ethyl adjacent to an activating group) is 1. The van der Waals surface area contributed by atoms with Crippen molar-refractivity contribution in [1.29, 1.82) is 0 Å². The van der Waals surface area contributed by atoms with E-state index in [-0.39, 0.29) is 24.2 Å². The van der Waals surface area contributed by atoms with Gasteiger partial charge in [0, 0.05) is 54.5 Å². The highest BCUT2D eigenvalue weighted by atomic mass is 16.7. The normalized spacial score (nSPS) is 15.8. The number of aromatic nitrogens is 2. The zero-order chi connectivity index (χ0) is 27.3. The molecule has 2 aliphatic heterocycles. The van der Waals surface area contributed by atoms with Crippen LogP contribution in [0.25, 0.3) is 32.6 Å². The van der Waals surface area contributed by atoms with E-state index in [4.69, 9.17) is 23.9 Å². The van der Waals surface area contributed by atoms with Gasteiger partial charge in [0.05, 0.1) is 30.6 Å². The van der Waals surface area contributed by atoms with Crippen molar-refractivity contribution in [2.75, 3.05) is 54.7 Å². The van der Waals surface area contributed by atoms with Crippen LogP contribution in [0.3, 0.4) is 0 Å². The van der Waals surface area contributed by atoms with Crippen LogP contribution in [-0.4, -0.2) is 80.0 Å². The number of carbonyl (C=O) groups excluding carboxylic acids is 1. The molecule has 0 unspecified atom stereocenters. The molecule has 204 valence electrons. The zero-order valence-electron chi connectivity index (χ0n) is 22.7. The summed E-state index contributed by atoms with van der Waals surface area (Å²) in [4.78, 5) is 36.0. The first-order chi connectivity index (χ1) is 18.9. The molecule has 0 radical (unpaired) electrons. The largest absolute Gasteiger partial charge is 0.493 e. The van der Waals surface area contributed by atoms with E-state index in [9.17, 15) is 9.59 Å². The summed E-state index contributed by atoms with van der Waals surface area (Å²) in [7, 11) is 7.02. The molecule has 0 N–H and O–H groups in total. The summed E-state index contributed by atoms with van der Waals surface area (Å²) in [6.45, 7) is 2.69. The fraction of sp³-hybridized carbons (Fsp3) is 0.414. The molecule has 0 aliphatic carbocycles. The van der Waals surface area contributed by atoms with Crippen molar-refractivity contribution in [3.63, 3.8) is 0 Å². The van der Waals surface area contributed by atoms with Crippen molar-refractivity contribution in [1.82, 2.24) is 19.4 Å². The van der Waals surface area contributed by atoms with Crippen LogP contribution in [0, 0.1) is 5.92 Å². The molecule has 0 saturated carbocycles. The van der Waals surface area contributed by atoms with E-state index < -0.39 is 0 Å². The Morgan fingerprint density at radius 3 is 2.36 bits per heavy atom. The first-order valence-corrected chi connectivity index (χ1v) is 13.1. The Morgan fingerprint density at radius 2 is 1.67 bits per heavy atom. The maximum atomic E-state index is 14.1. The monoisotopic (exact) mass is 532 g/mol. The van der Waals surface area contributed by atoms with Gasteiger partial charge in [0.15, 0.2) is 23.0 Å². The summed E-state index contributed by atoms with van der Waals surface area (Å²) in [5, 5.41) is 2.77. The summed E-state index contributed by atoms with van der Waals surface area (Å²) in [5.74, 6) is 2.37. The Labute approximate surface area is 225 Å². The Kier molecular flexibility index (Phi) is 6.42. The summed E-state index contributed by atoms with van der Waals surface area (Å²) in [5.41, 5.74) is 1.24. The van der Waals surface area contributed by atoms with Gasteiger partial charge in [-0.3, -0.25) is 14.6 Å². The number of carbonyl (C=O) groups is 1. The zero-order valence-corrected chi connectivity index (χ0v) is 22.7. The number of piperidine rings is 1. The minimum atomic E-state index is -0.177. The summed E-state index contributed by atoms with van der Waals surface area (Å²) >= 11 is 0. The molecule has 0 bridgehead atoms. The van der Waals surface area contributed by atoms with Crippen molar-refractivity contribution >= 4 is 38.5 Å². The molecule has 2 aromatic heterocycles. The van der Waals surface area contributed by atoms with E-state index in [1.165, 1.54) is 0 Å². The lowest BCUT2D eigenvalue weighted by Crippen LogP contribution is -2.41. The lowest BCUT2D eigenvalue weighted by Gasteiger charge is -2.31. The van der Waals surface area contributed by atoms with Gasteiger partial charge in [-0.1, -0.05) is 0 Å². The van der Waals surface area contributed by atoms with Gasteiger partial charge in [0.2, 0.25) is 12.7 Å². The number of methoxy groups -OCH3 is 2. The molecule has 6 rings (SSSR count). The quantitative estimate of drug-likeness (QED) is 0.350. The second-order valence-electron chi connectivity index (χ2n) is 10.3. The average molecular weight is 533 g/mol. The third-order valence-corrected chi connectivity index (χ3v) is 8.00. The highest BCUT2D eigenvalue weighted by Gasteiger charge is 2.26. The molecule has 2 aromatic carbocycles. The highest BCUT2D eigenvalue weighted by Crippen LogP contribution is 2.40. The number of likely N-dealkylation sites (tertiary alicyclic amines) is 1. The van der Waals surface area contributed by atoms with E-state index in [1.54, 1.807) is 35.9 Å². The van der Waals surface area contributed by atoms with E-state index >= 15 is 0 Å². The summed E-state index contributed by atoms with van der Waals surface area (Å²) in [6, 6.07) is 7.24. The molecule has 10 heteroatoms. The van der Waals surface area contributed by atoms with E-state index in [0.29, 0.717) is 52.4 Å². The van der Waals surface area contributed by atoms with E-state index in [1.807, 2.05) is 25.2 Å². The van der Waals surface area contributed by atoms with Crippen molar-refractivity contribution in [3.8, 4) is 23.0 Å². The Hall–Kier alpha value is -4.05. The Morgan fingerprint density at radius 1 is 1.00 bits per heavy atom. The predicted octanol–water partition coefficient (Wildman–Crippen LogP) is 3.25. The van der Waals surface area contributed by atoms with E-state index in [2.05, 4.69) is 11.9 Å². The lowest BCUT2D eigenvalue weighted by molar-refractivity contribution is -0.135. The Bertz CT molecular complexity index is 1660. The van der Waals surface area contributed by atoms with Crippen molar-refractivity contribution < 1.29 is 23.7 Å². The molecular weight excluding hydrogens is 500 g/mol. The third-order valence-electron chi connectivity index (χ3n) is 8.00. The number of pyridine rings is 2. The van der Waals surface area contributed by atoms with Crippen LogP contribution in [0.5, 0.6) is 23.0 Å². The SMILES string of the molecule is COc1cc2c(=O)n(CCN(C)C(=O)C3CCN(C)CC3)c3c4cc5c(cc4ncc3c2cc1OC)OCO5. The molecule has 1 amide bonds. The number of hydrogen-bond acceptors (Lipinski definition) is 8. The third kappa shape index (κ3) is 4.28. The van der Waals surface area contributed by atoms with Crippen LogP contribution in [0.2, 0.25) is 0 Å². The van der Waals surface area contributed by atoms with Crippen LogP contribution >= 0.6 is 0 Å². The summed E-state index contributed by atoms with van der Waals surface area (Å²) < 4.78 is 24.0.